The van der Waals surface area contributed by atoms with Crippen LogP contribution in [0.3, 0.4) is 0 Å². The van der Waals surface area contributed by atoms with E-state index in [1.165, 1.54) is 99.3 Å². The molecule has 6 nitrogen and oxygen atoms in total. The Kier molecular flexibility index (Phi) is 11.5. The number of hydrogen-bond acceptors (Lipinski definition) is 4. The second-order valence-electron chi connectivity index (χ2n) is 16.5. The lowest BCUT2D eigenvalue weighted by Crippen LogP contribution is -2.26. The van der Waals surface area contributed by atoms with Gasteiger partial charge in [0.05, 0.1) is 22.1 Å². The van der Waals surface area contributed by atoms with E-state index in [-0.39, 0.29) is 5.41 Å². The first-order chi connectivity index (χ1) is 29.2. The summed E-state index contributed by atoms with van der Waals surface area (Å²) in [5, 5.41) is 0. The van der Waals surface area contributed by atoms with Crippen molar-refractivity contribution in [1.29, 1.82) is 0 Å². The summed E-state index contributed by atoms with van der Waals surface area (Å²) in [7, 11) is 0. The lowest BCUT2D eigenvalue weighted by molar-refractivity contribution is 0.397. The number of nitrogens with zero attached hydrogens (tertiary/aromatic N) is 6. The third-order valence-corrected chi connectivity index (χ3v) is 12.7. The van der Waals surface area contributed by atoms with Crippen LogP contribution in [0.15, 0.2) is 134 Å². The lowest BCUT2D eigenvalue weighted by Gasteiger charge is -2.33. The van der Waals surface area contributed by atoms with Gasteiger partial charge in [-0.1, -0.05) is 139 Å². The zero-order valence-corrected chi connectivity index (χ0v) is 34.8. The molecule has 0 N–H and O–H groups in total. The van der Waals surface area contributed by atoms with E-state index in [4.69, 9.17) is 19.9 Å². The summed E-state index contributed by atoms with van der Waals surface area (Å²) < 4.78 is 4.67. The summed E-state index contributed by atoms with van der Waals surface area (Å²) in [6.07, 6.45) is 21.3. The van der Waals surface area contributed by atoms with Gasteiger partial charge in [0.2, 0.25) is 0 Å². The van der Waals surface area contributed by atoms with Crippen molar-refractivity contribution in [1.82, 2.24) is 29.1 Å². The Labute approximate surface area is 349 Å². The number of rotatable bonds is 18. The molecular formula is C53H56N6. The normalized spacial score (nSPS) is 13.0. The molecule has 8 aromatic rings. The van der Waals surface area contributed by atoms with Crippen LogP contribution in [-0.2, 0) is 5.41 Å². The molecular weight excluding hydrogens is 721 g/mol. The number of aromatic nitrogens is 6. The quantitative estimate of drug-likeness (QED) is 0.0814. The Hall–Kier alpha value is -5.88. The van der Waals surface area contributed by atoms with Crippen LogP contribution in [-0.4, -0.2) is 29.1 Å². The smallest absolute Gasteiger partial charge is 0.164 e. The van der Waals surface area contributed by atoms with Gasteiger partial charge in [-0.2, -0.15) is 0 Å². The topological polar surface area (TPSA) is 61.4 Å². The summed E-state index contributed by atoms with van der Waals surface area (Å²) in [5.74, 6) is 1.74. The molecule has 298 valence electrons. The van der Waals surface area contributed by atoms with Crippen LogP contribution in [0.2, 0.25) is 0 Å². The van der Waals surface area contributed by atoms with E-state index in [1.807, 2.05) is 24.5 Å². The van der Waals surface area contributed by atoms with E-state index in [9.17, 15) is 0 Å². The summed E-state index contributed by atoms with van der Waals surface area (Å²) in [5.41, 5.74) is 13.6. The highest BCUT2D eigenvalue weighted by Crippen LogP contribution is 2.55. The van der Waals surface area contributed by atoms with Crippen LogP contribution in [0.1, 0.15) is 115 Å². The number of benzene rings is 4. The van der Waals surface area contributed by atoms with E-state index >= 15 is 0 Å². The molecule has 0 saturated carbocycles. The molecule has 1 aliphatic carbocycles. The molecule has 0 amide bonds. The predicted octanol–water partition coefficient (Wildman–Crippen LogP) is 14.3. The molecule has 0 unspecified atom stereocenters. The zero-order chi connectivity index (χ0) is 40.0. The van der Waals surface area contributed by atoms with Gasteiger partial charge < -0.3 is 0 Å². The van der Waals surface area contributed by atoms with Gasteiger partial charge in [-0.05, 0) is 108 Å². The van der Waals surface area contributed by atoms with Crippen LogP contribution in [0.5, 0.6) is 0 Å². The lowest BCUT2D eigenvalue weighted by atomic mass is 9.70. The van der Waals surface area contributed by atoms with E-state index in [1.54, 1.807) is 0 Å². The van der Waals surface area contributed by atoms with E-state index in [0.29, 0.717) is 0 Å². The first-order valence-electron chi connectivity index (χ1n) is 22.3. The third-order valence-electron chi connectivity index (χ3n) is 12.7. The summed E-state index contributed by atoms with van der Waals surface area (Å²) in [6, 6.07) is 43.7. The molecule has 0 fully saturated rings. The minimum Gasteiger partial charge on any atom is -0.291 e. The van der Waals surface area contributed by atoms with E-state index in [0.717, 1.165) is 69.3 Å². The van der Waals surface area contributed by atoms with Gasteiger partial charge in [0.15, 0.2) is 11.6 Å². The van der Waals surface area contributed by atoms with Crippen LogP contribution >= 0.6 is 0 Å². The van der Waals surface area contributed by atoms with Crippen molar-refractivity contribution in [3.05, 3.63) is 145 Å². The van der Waals surface area contributed by atoms with Crippen molar-refractivity contribution in [2.75, 3.05) is 0 Å². The Morgan fingerprint density at radius 3 is 1.31 bits per heavy atom. The number of pyridine rings is 2. The van der Waals surface area contributed by atoms with Crippen molar-refractivity contribution in [3.63, 3.8) is 0 Å². The van der Waals surface area contributed by atoms with Crippen molar-refractivity contribution < 1.29 is 0 Å². The average Bonchev–Trinajstić information content (AvgIpc) is 3.95. The van der Waals surface area contributed by atoms with Crippen LogP contribution in [0.25, 0.3) is 67.6 Å². The Morgan fingerprint density at radius 1 is 0.441 bits per heavy atom. The standard InChI is InChI=1S/C53H56N6/c1-3-5-7-9-11-19-33-53(34-20-12-10-8-6-4-2)43-37-39(58-49-27-15-13-23-45(49)56-51(58)47-25-17-21-35-54-47)29-31-41(43)42-32-30-40(38-44(42)53)59-50-28-16-14-24-46(50)57-52(59)48-26-18-22-36-55-48/h13-18,21-32,35-38H,3-12,19-20,33-34H2,1-2H3. The summed E-state index contributed by atoms with van der Waals surface area (Å²) in [6.45, 7) is 4.62. The maximum absolute atomic E-state index is 5.18. The van der Waals surface area contributed by atoms with Crippen LogP contribution in [0, 0.1) is 0 Å². The largest absolute Gasteiger partial charge is 0.291 e. The SMILES string of the molecule is CCCCCCCCC1(CCCCCCCC)c2cc(-n3c(-c4ccccn4)nc4ccccc43)ccc2-c2ccc(-n3c(-c4ccccn4)nc4ccccc43)cc21. The van der Waals surface area contributed by atoms with Gasteiger partial charge in [-0.3, -0.25) is 19.1 Å². The van der Waals surface area contributed by atoms with Crippen molar-refractivity contribution in [3.8, 4) is 45.5 Å². The highest BCUT2D eigenvalue weighted by molar-refractivity contribution is 5.88. The number of imidazole rings is 2. The van der Waals surface area contributed by atoms with Gasteiger partial charge in [-0.25, -0.2) is 9.97 Å². The van der Waals surface area contributed by atoms with Gasteiger partial charge in [0, 0.05) is 29.2 Å². The first-order valence-corrected chi connectivity index (χ1v) is 22.3. The molecule has 0 atom stereocenters. The maximum Gasteiger partial charge on any atom is 0.164 e. The van der Waals surface area contributed by atoms with E-state index in [2.05, 4.69) is 132 Å². The minimum absolute atomic E-state index is 0.144. The summed E-state index contributed by atoms with van der Waals surface area (Å²) in [4.78, 5) is 20.0. The summed E-state index contributed by atoms with van der Waals surface area (Å²) >= 11 is 0. The number of hydrogen-bond donors (Lipinski definition) is 0. The van der Waals surface area contributed by atoms with Crippen LogP contribution in [0.4, 0.5) is 0 Å². The van der Waals surface area contributed by atoms with Gasteiger partial charge in [-0.15, -0.1) is 0 Å². The molecule has 6 heteroatoms. The third kappa shape index (κ3) is 7.50. The number of fused-ring (bicyclic) bond motifs is 5. The molecule has 4 aromatic carbocycles. The van der Waals surface area contributed by atoms with E-state index < -0.39 is 0 Å². The molecule has 4 heterocycles. The fourth-order valence-electron chi connectivity index (χ4n) is 9.74. The van der Waals surface area contributed by atoms with Gasteiger partial charge >= 0.3 is 0 Å². The van der Waals surface area contributed by atoms with Crippen molar-refractivity contribution in [2.45, 2.75) is 109 Å². The predicted molar refractivity (Wildman–Crippen MR) is 244 cm³/mol. The minimum atomic E-state index is -0.144. The van der Waals surface area contributed by atoms with Crippen molar-refractivity contribution in [2.24, 2.45) is 0 Å². The van der Waals surface area contributed by atoms with Gasteiger partial charge in [0.25, 0.3) is 0 Å². The monoisotopic (exact) mass is 776 g/mol. The van der Waals surface area contributed by atoms with Crippen molar-refractivity contribution >= 4 is 22.1 Å². The molecule has 1 aliphatic rings. The van der Waals surface area contributed by atoms with Gasteiger partial charge in [0.1, 0.15) is 11.4 Å². The molecule has 0 radical (unpaired) electrons. The molecule has 0 saturated heterocycles. The number of para-hydroxylation sites is 4. The zero-order valence-electron chi connectivity index (χ0n) is 34.8. The molecule has 4 aromatic heterocycles. The average molecular weight is 777 g/mol. The molecule has 0 spiro atoms. The fraction of sp³-hybridized carbons (Fsp3) is 0.321. The number of unbranched alkanes of at least 4 members (excludes halogenated alkanes) is 10. The molecule has 9 rings (SSSR count). The first kappa shape index (κ1) is 38.6. The maximum atomic E-state index is 5.18. The highest BCUT2D eigenvalue weighted by atomic mass is 15.1. The highest BCUT2D eigenvalue weighted by Gasteiger charge is 2.43. The fourth-order valence-corrected chi connectivity index (χ4v) is 9.74. The Morgan fingerprint density at radius 2 is 0.864 bits per heavy atom. The molecule has 59 heavy (non-hydrogen) atoms. The second-order valence-corrected chi connectivity index (χ2v) is 16.5. The second kappa shape index (κ2) is 17.5. The molecule has 0 aliphatic heterocycles. The molecule has 0 bridgehead atoms. The van der Waals surface area contributed by atoms with Crippen LogP contribution < -0.4 is 0 Å². The Balaban J connectivity index is 1.22. The Bertz CT molecular complexity index is 2470.